The minimum atomic E-state index is -0.0959. The van der Waals surface area contributed by atoms with Crippen LogP contribution in [0.5, 0.6) is 5.88 Å². The molecule has 2 aromatic heterocycles. The van der Waals surface area contributed by atoms with Crippen molar-refractivity contribution in [3.63, 3.8) is 0 Å². The van der Waals surface area contributed by atoms with Crippen LogP contribution in [0.3, 0.4) is 0 Å². The van der Waals surface area contributed by atoms with E-state index in [0.717, 1.165) is 25.2 Å². The second-order valence-electron chi connectivity index (χ2n) is 5.03. The van der Waals surface area contributed by atoms with E-state index in [2.05, 4.69) is 20.2 Å². The van der Waals surface area contributed by atoms with Crippen LogP contribution in [0.4, 0.5) is 0 Å². The van der Waals surface area contributed by atoms with Gasteiger partial charge in [0.25, 0.3) is 5.91 Å². The van der Waals surface area contributed by atoms with Crippen LogP contribution in [0.25, 0.3) is 0 Å². The zero-order valence-electron chi connectivity index (χ0n) is 11.8. The number of piperidine rings is 1. The van der Waals surface area contributed by atoms with Crippen LogP contribution < -0.4 is 4.74 Å². The molecule has 1 unspecified atom stereocenters. The second kappa shape index (κ2) is 5.90. The van der Waals surface area contributed by atoms with E-state index in [9.17, 15) is 4.79 Å². The van der Waals surface area contributed by atoms with Crippen molar-refractivity contribution >= 4 is 5.91 Å². The number of carbonyl (C=O) groups excluding carboxylic acids is 1. The van der Waals surface area contributed by atoms with Crippen LogP contribution in [0.15, 0.2) is 24.5 Å². The van der Waals surface area contributed by atoms with E-state index < -0.39 is 0 Å². The molecule has 1 aliphatic rings. The fourth-order valence-electron chi connectivity index (χ4n) is 2.59. The third-order valence-corrected chi connectivity index (χ3v) is 3.68. The number of hydrogen-bond acceptors (Lipinski definition) is 5. The van der Waals surface area contributed by atoms with E-state index in [1.165, 1.54) is 7.11 Å². The Bertz CT molecular complexity index is 596. The first-order valence-electron chi connectivity index (χ1n) is 6.94. The molecule has 0 saturated carbocycles. The SMILES string of the molecule is COc1ccc(C(=O)N2CCCC(c3ncc[nH]3)C2)nn1. The Balaban J connectivity index is 1.71. The lowest BCUT2D eigenvalue weighted by Gasteiger charge is -2.31. The molecular weight excluding hydrogens is 270 g/mol. The van der Waals surface area contributed by atoms with Gasteiger partial charge in [-0.1, -0.05) is 0 Å². The fourth-order valence-corrected chi connectivity index (χ4v) is 2.59. The van der Waals surface area contributed by atoms with Gasteiger partial charge in [0.1, 0.15) is 5.82 Å². The zero-order chi connectivity index (χ0) is 14.7. The van der Waals surface area contributed by atoms with Gasteiger partial charge in [-0.15, -0.1) is 10.2 Å². The largest absolute Gasteiger partial charge is 0.480 e. The van der Waals surface area contributed by atoms with Crippen LogP contribution in [0.1, 0.15) is 35.1 Å². The monoisotopic (exact) mass is 287 g/mol. The topological polar surface area (TPSA) is 84.0 Å². The summed E-state index contributed by atoms with van der Waals surface area (Å²) in [5, 5.41) is 7.77. The number of methoxy groups -OCH3 is 1. The third-order valence-electron chi connectivity index (χ3n) is 3.68. The van der Waals surface area contributed by atoms with Crippen molar-refractivity contribution in [2.45, 2.75) is 18.8 Å². The molecule has 0 radical (unpaired) electrons. The van der Waals surface area contributed by atoms with E-state index in [-0.39, 0.29) is 11.8 Å². The molecule has 1 N–H and O–H groups in total. The summed E-state index contributed by atoms with van der Waals surface area (Å²) in [6.07, 6.45) is 5.54. The van der Waals surface area contributed by atoms with Gasteiger partial charge in [0.2, 0.25) is 5.88 Å². The lowest BCUT2D eigenvalue weighted by molar-refractivity contribution is 0.0697. The predicted octanol–water partition coefficient (Wildman–Crippen LogP) is 1.23. The van der Waals surface area contributed by atoms with Crippen LogP contribution in [0, 0.1) is 0 Å². The molecule has 1 amide bonds. The molecule has 21 heavy (non-hydrogen) atoms. The van der Waals surface area contributed by atoms with Gasteiger partial charge in [-0.3, -0.25) is 4.79 Å². The molecule has 1 atom stereocenters. The van der Waals surface area contributed by atoms with Gasteiger partial charge < -0.3 is 14.6 Å². The van der Waals surface area contributed by atoms with Crippen molar-refractivity contribution < 1.29 is 9.53 Å². The van der Waals surface area contributed by atoms with Crippen molar-refractivity contribution in [2.24, 2.45) is 0 Å². The molecule has 0 spiro atoms. The number of nitrogens with zero attached hydrogens (tertiary/aromatic N) is 4. The highest BCUT2D eigenvalue weighted by atomic mass is 16.5. The Labute approximate surface area is 122 Å². The smallest absolute Gasteiger partial charge is 0.274 e. The Morgan fingerprint density at radius 3 is 3.00 bits per heavy atom. The Hall–Kier alpha value is -2.44. The normalized spacial score (nSPS) is 18.5. The number of aromatic amines is 1. The van der Waals surface area contributed by atoms with Crippen molar-refractivity contribution in [1.82, 2.24) is 25.1 Å². The summed E-state index contributed by atoms with van der Waals surface area (Å²) < 4.78 is 4.95. The van der Waals surface area contributed by atoms with E-state index >= 15 is 0 Å². The standard InChI is InChI=1S/C14H17N5O2/c1-21-12-5-4-11(17-18-12)14(20)19-8-2-3-10(9-19)13-15-6-7-16-13/h4-7,10H,2-3,8-9H2,1H3,(H,15,16). The molecule has 3 heterocycles. The molecular formula is C14H17N5O2. The molecule has 0 bridgehead atoms. The first-order chi connectivity index (χ1) is 10.3. The Morgan fingerprint density at radius 1 is 1.43 bits per heavy atom. The fraction of sp³-hybridized carbons (Fsp3) is 0.429. The maximum Gasteiger partial charge on any atom is 0.274 e. The minimum absolute atomic E-state index is 0.0959. The highest BCUT2D eigenvalue weighted by Gasteiger charge is 2.27. The average molecular weight is 287 g/mol. The number of hydrogen-bond donors (Lipinski definition) is 1. The Morgan fingerprint density at radius 2 is 2.33 bits per heavy atom. The summed E-state index contributed by atoms with van der Waals surface area (Å²) in [6.45, 7) is 1.39. The van der Waals surface area contributed by atoms with Gasteiger partial charge in [-0.05, 0) is 18.9 Å². The van der Waals surface area contributed by atoms with Crippen molar-refractivity contribution in [3.8, 4) is 5.88 Å². The minimum Gasteiger partial charge on any atom is -0.480 e. The molecule has 1 saturated heterocycles. The van der Waals surface area contributed by atoms with Gasteiger partial charge in [0, 0.05) is 37.5 Å². The number of ether oxygens (including phenoxy) is 1. The summed E-state index contributed by atoms with van der Waals surface area (Å²) in [7, 11) is 1.52. The van der Waals surface area contributed by atoms with Crippen molar-refractivity contribution in [3.05, 3.63) is 36.0 Å². The number of likely N-dealkylation sites (tertiary alicyclic amines) is 1. The highest BCUT2D eigenvalue weighted by molar-refractivity contribution is 5.92. The molecule has 110 valence electrons. The van der Waals surface area contributed by atoms with Crippen LogP contribution >= 0.6 is 0 Å². The number of aromatic nitrogens is 4. The molecule has 1 fully saturated rings. The summed E-state index contributed by atoms with van der Waals surface area (Å²) in [6, 6.07) is 3.29. The lowest BCUT2D eigenvalue weighted by Crippen LogP contribution is -2.39. The van der Waals surface area contributed by atoms with Crippen LogP contribution in [-0.2, 0) is 0 Å². The average Bonchev–Trinajstić information content (AvgIpc) is 3.09. The van der Waals surface area contributed by atoms with Gasteiger partial charge in [0.05, 0.1) is 7.11 Å². The van der Waals surface area contributed by atoms with Crippen LogP contribution in [-0.4, -0.2) is 51.2 Å². The molecule has 7 nitrogen and oxygen atoms in total. The van der Waals surface area contributed by atoms with E-state index in [1.54, 1.807) is 18.3 Å². The predicted molar refractivity (Wildman–Crippen MR) is 75.1 cm³/mol. The van der Waals surface area contributed by atoms with Crippen molar-refractivity contribution in [2.75, 3.05) is 20.2 Å². The number of H-pyrrole nitrogens is 1. The number of imidazole rings is 1. The summed E-state index contributed by atoms with van der Waals surface area (Å²) in [5.41, 5.74) is 0.343. The van der Waals surface area contributed by atoms with E-state index in [4.69, 9.17) is 4.74 Å². The Kier molecular flexibility index (Phi) is 3.81. The quantitative estimate of drug-likeness (QED) is 0.917. The number of nitrogens with one attached hydrogen (secondary N) is 1. The molecule has 3 rings (SSSR count). The molecule has 1 aliphatic heterocycles. The summed E-state index contributed by atoms with van der Waals surface area (Å²) in [5.74, 6) is 1.50. The third kappa shape index (κ3) is 2.86. The summed E-state index contributed by atoms with van der Waals surface area (Å²) >= 11 is 0. The molecule has 2 aromatic rings. The zero-order valence-corrected chi connectivity index (χ0v) is 11.8. The van der Waals surface area contributed by atoms with Gasteiger partial charge in [0.15, 0.2) is 5.69 Å². The summed E-state index contributed by atoms with van der Waals surface area (Å²) in [4.78, 5) is 21.7. The van der Waals surface area contributed by atoms with Gasteiger partial charge >= 0.3 is 0 Å². The number of carbonyl (C=O) groups is 1. The number of amides is 1. The lowest BCUT2D eigenvalue weighted by atomic mass is 9.97. The molecule has 7 heteroatoms. The van der Waals surface area contributed by atoms with Gasteiger partial charge in [-0.2, -0.15) is 0 Å². The first-order valence-corrected chi connectivity index (χ1v) is 6.94. The number of rotatable bonds is 3. The highest BCUT2D eigenvalue weighted by Crippen LogP contribution is 2.25. The van der Waals surface area contributed by atoms with E-state index in [0.29, 0.717) is 18.1 Å². The maximum atomic E-state index is 12.5. The second-order valence-corrected chi connectivity index (χ2v) is 5.03. The van der Waals surface area contributed by atoms with Crippen LogP contribution in [0.2, 0.25) is 0 Å². The van der Waals surface area contributed by atoms with E-state index in [1.807, 2.05) is 11.1 Å². The van der Waals surface area contributed by atoms with Gasteiger partial charge in [-0.25, -0.2) is 4.98 Å². The maximum absolute atomic E-state index is 12.5. The molecule has 0 aliphatic carbocycles. The molecule has 0 aromatic carbocycles. The van der Waals surface area contributed by atoms with Crippen molar-refractivity contribution in [1.29, 1.82) is 0 Å². The first kappa shape index (κ1) is 13.5.